The largest absolute Gasteiger partial charge is 0.349 e. The van der Waals surface area contributed by atoms with Gasteiger partial charge < -0.3 is 4.57 Å². The predicted molar refractivity (Wildman–Crippen MR) is 71.6 cm³/mol. The Morgan fingerprint density at radius 3 is 2.74 bits per heavy atom. The molecule has 2 rings (SSSR count). The van der Waals surface area contributed by atoms with Crippen LogP contribution >= 0.6 is 11.6 Å². The number of rotatable bonds is 4. The van der Waals surface area contributed by atoms with Crippen molar-refractivity contribution >= 4 is 23.1 Å². The van der Waals surface area contributed by atoms with Crippen molar-refractivity contribution in [2.75, 3.05) is 0 Å². The average Bonchev–Trinajstić information content (AvgIpc) is 2.80. The molecule has 2 aromatic rings. The van der Waals surface area contributed by atoms with Crippen LogP contribution in [0, 0.1) is 10.1 Å². The Bertz CT molecular complexity index is 649. The second-order valence-corrected chi connectivity index (χ2v) is 4.53. The molecule has 1 aromatic carbocycles. The molecule has 0 aliphatic heterocycles. The number of nitro groups is 1. The molecule has 6 heteroatoms. The van der Waals surface area contributed by atoms with Crippen LogP contribution in [0.1, 0.15) is 22.8 Å². The summed E-state index contributed by atoms with van der Waals surface area (Å²) >= 11 is 6.01. The highest BCUT2D eigenvalue weighted by atomic mass is 35.5. The van der Waals surface area contributed by atoms with Crippen LogP contribution in [0.5, 0.6) is 0 Å². The van der Waals surface area contributed by atoms with Gasteiger partial charge in [-0.3, -0.25) is 14.9 Å². The van der Waals surface area contributed by atoms with Gasteiger partial charge in [0.25, 0.3) is 5.69 Å². The van der Waals surface area contributed by atoms with Gasteiger partial charge in [-0.1, -0.05) is 17.7 Å². The first-order valence-corrected chi connectivity index (χ1v) is 5.95. The summed E-state index contributed by atoms with van der Waals surface area (Å²) in [4.78, 5) is 21.7. The second-order valence-electron chi connectivity index (χ2n) is 4.12. The van der Waals surface area contributed by atoms with E-state index < -0.39 is 4.92 Å². The number of aromatic nitrogens is 1. The maximum atomic E-state index is 11.2. The molecule has 5 nitrogen and oxygen atoms in total. The molecule has 0 aliphatic rings. The van der Waals surface area contributed by atoms with E-state index in [1.807, 2.05) is 0 Å². The molecule has 0 aliphatic carbocycles. The lowest BCUT2D eigenvalue weighted by atomic mass is 10.2. The molecule has 0 bridgehead atoms. The molecular weight excluding hydrogens is 268 g/mol. The Morgan fingerprint density at radius 1 is 1.42 bits per heavy atom. The number of benzene rings is 1. The molecule has 0 atom stereocenters. The van der Waals surface area contributed by atoms with E-state index >= 15 is 0 Å². The summed E-state index contributed by atoms with van der Waals surface area (Å²) in [6, 6.07) is 6.24. The van der Waals surface area contributed by atoms with Gasteiger partial charge in [0.2, 0.25) is 0 Å². The SMILES string of the molecule is CC(=O)c1ccn(Cc2c(Cl)cccc2[N+](=O)[O-])c1. The Balaban J connectivity index is 2.37. The predicted octanol–water partition coefficient (Wildman–Crippen LogP) is 3.30. The van der Waals surface area contributed by atoms with E-state index in [9.17, 15) is 14.9 Å². The second kappa shape index (κ2) is 5.24. The molecule has 0 radical (unpaired) electrons. The van der Waals surface area contributed by atoms with Crippen LogP contribution in [0.2, 0.25) is 5.02 Å². The maximum Gasteiger partial charge on any atom is 0.275 e. The Kier molecular flexibility index (Phi) is 3.66. The number of halogens is 1. The van der Waals surface area contributed by atoms with E-state index in [0.717, 1.165) is 0 Å². The van der Waals surface area contributed by atoms with Gasteiger partial charge in [-0.05, 0) is 19.1 Å². The van der Waals surface area contributed by atoms with Crippen molar-refractivity contribution in [2.45, 2.75) is 13.5 Å². The van der Waals surface area contributed by atoms with E-state index in [4.69, 9.17) is 11.6 Å². The third-order valence-electron chi connectivity index (χ3n) is 2.79. The van der Waals surface area contributed by atoms with Crippen molar-refractivity contribution in [3.05, 3.63) is 62.9 Å². The van der Waals surface area contributed by atoms with Crippen molar-refractivity contribution in [3.63, 3.8) is 0 Å². The van der Waals surface area contributed by atoms with E-state index in [0.29, 0.717) is 16.1 Å². The summed E-state index contributed by atoms with van der Waals surface area (Å²) in [7, 11) is 0. The number of carbonyl (C=O) groups is 1. The van der Waals surface area contributed by atoms with Crippen LogP contribution in [0.3, 0.4) is 0 Å². The number of hydrogen-bond donors (Lipinski definition) is 0. The van der Waals surface area contributed by atoms with E-state index in [1.165, 1.54) is 13.0 Å². The zero-order valence-electron chi connectivity index (χ0n) is 10.2. The summed E-state index contributed by atoms with van der Waals surface area (Å²) in [5.41, 5.74) is 0.972. The van der Waals surface area contributed by atoms with Gasteiger partial charge in [0.1, 0.15) is 0 Å². The van der Waals surface area contributed by atoms with Crippen LogP contribution < -0.4 is 0 Å². The van der Waals surface area contributed by atoms with Crippen LogP contribution in [-0.4, -0.2) is 15.3 Å². The highest BCUT2D eigenvalue weighted by Crippen LogP contribution is 2.27. The fourth-order valence-electron chi connectivity index (χ4n) is 1.80. The topological polar surface area (TPSA) is 65.1 Å². The van der Waals surface area contributed by atoms with E-state index in [-0.39, 0.29) is 18.0 Å². The molecule has 0 unspecified atom stereocenters. The molecular formula is C13H11ClN2O3. The Labute approximate surface area is 114 Å². The summed E-state index contributed by atoms with van der Waals surface area (Å²) in [6.07, 6.45) is 3.35. The van der Waals surface area contributed by atoms with Gasteiger partial charge in [0.05, 0.1) is 22.1 Å². The van der Waals surface area contributed by atoms with Gasteiger partial charge in [-0.15, -0.1) is 0 Å². The molecule has 0 saturated heterocycles. The number of nitrogens with zero attached hydrogens (tertiary/aromatic N) is 2. The molecule has 1 heterocycles. The lowest BCUT2D eigenvalue weighted by Gasteiger charge is -2.06. The summed E-state index contributed by atoms with van der Waals surface area (Å²) in [5.74, 6) is -0.0487. The monoisotopic (exact) mass is 278 g/mol. The fraction of sp³-hybridized carbons (Fsp3) is 0.154. The lowest BCUT2D eigenvalue weighted by Crippen LogP contribution is -2.02. The standard InChI is InChI=1S/C13H11ClN2O3/c1-9(17)10-5-6-15(7-10)8-11-12(14)3-2-4-13(11)16(18)19/h2-7H,8H2,1H3. The molecule has 0 saturated carbocycles. The molecule has 0 amide bonds. The third kappa shape index (κ3) is 2.82. The Hall–Kier alpha value is -2.14. The summed E-state index contributed by atoms with van der Waals surface area (Å²) < 4.78 is 1.70. The highest BCUT2D eigenvalue weighted by Gasteiger charge is 2.17. The molecule has 0 spiro atoms. The first kappa shape index (κ1) is 13.3. The van der Waals surface area contributed by atoms with Crippen molar-refractivity contribution in [1.82, 2.24) is 4.57 Å². The molecule has 19 heavy (non-hydrogen) atoms. The Morgan fingerprint density at radius 2 is 2.16 bits per heavy atom. The van der Waals surface area contributed by atoms with Crippen molar-refractivity contribution in [1.29, 1.82) is 0 Å². The van der Waals surface area contributed by atoms with Gasteiger partial charge >= 0.3 is 0 Å². The number of carbonyl (C=O) groups excluding carboxylic acids is 1. The fourth-order valence-corrected chi connectivity index (χ4v) is 2.03. The van der Waals surface area contributed by atoms with Gasteiger partial charge in [0.15, 0.2) is 5.78 Å². The molecule has 98 valence electrons. The minimum absolute atomic E-state index is 0.0226. The van der Waals surface area contributed by atoms with Gasteiger partial charge in [0, 0.05) is 24.0 Å². The lowest BCUT2D eigenvalue weighted by molar-refractivity contribution is -0.385. The zero-order valence-corrected chi connectivity index (χ0v) is 10.9. The first-order chi connectivity index (χ1) is 8.99. The number of ketones is 1. The van der Waals surface area contributed by atoms with Gasteiger partial charge in [-0.25, -0.2) is 0 Å². The minimum Gasteiger partial charge on any atom is -0.349 e. The normalized spacial score (nSPS) is 10.4. The van der Waals surface area contributed by atoms with Crippen molar-refractivity contribution < 1.29 is 9.72 Å². The zero-order chi connectivity index (χ0) is 14.0. The van der Waals surface area contributed by atoms with Crippen LogP contribution in [0.15, 0.2) is 36.7 Å². The average molecular weight is 279 g/mol. The summed E-state index contributed by atoms with van der Waals surface area (Å²) in [6.45, 7) is 1.72. The van der Waals surface area contributed by atoms with Crippen LogP contribution in [0.25, 0.3) is 0 Å². The van der Waals surface area contributed by atoms with Crippen LogP contribution in [0.4, 0.5) is 5.69 Å². The maximum absolute atomic E-state index is 11.2. The molecule has 0 fully saturated rings. The number of Topliss-reactive ketones (excluding diaryl/α,β-unsaturated/α-hetero) is 1. The highest BCUT2D eigenvalue weighted by molar-refractivity contribution is 6.31. The van der Waals surface area contributed by atoms with Crippen molar-refractivity contribution in [3.8, 4) is 0 Å². The summed E-state index contributed by atoms with van der Waals surface area (Å²) in [5, 5.41) is 11.3. The van der Waals surface area contributed by atoms with Crippen LogP contribution in [-0.2, 0) is 6.54 Å². The third-order valence-corrected chi connectivity index (χ3v) is 3.14. The smallest absolute Gasteiger partial charge is 0.275 e. The first-order valence-electron chi connectivity index (χ1n) is 5.57. The van der Waals surface area contributed by atoms with E-state index in [2.05, 4.69) is 0 Å². The van der Waals surface area contributed by atoms with E-state index in [1.54, 1.807) is 35.2 Å². The van der Waals surface area contributed by atoms with Gasteiger partial charge in [-0.2, -0.15) is 0 Å². The number of hydrogen-bond acceptors (Lipinski definition) is 3. The number of nitro benzene ring substituents is 1. The minimum atomic E-state index is -0.462. The quantitative estimate of drug-likeness (QED) is 0.490. The molecule has 1 aromatic heterocycles. The van der Waals surface area contributed by atoms with Crippen molar-refractivity contribution in [2.24, 2.45) is 0 Å². The molecule has 0 N–H and O–H groups in total.